The van der Waals surface area contributed by atoms with Crippen LogP contribution in [-0.2, 0) is 0 Å². The van der Waals surface area contributed by atoms with E-state index in [2.05, 4.69) is 31.9 Å². The van der Waals surface area contributed by atoms with E-state index in [0.29, 0.717) is 0 Å². The molecule has 1 heterocycles. The van der Waals surface area contributed by atoms with Crippen molar-refractivity contribution in [3.05, 3.63) is 49.0 Å². The van der Waals surface area contributed by atoms with Crippen molar-refractivity contribution in [2.24, 2.45) is 5.73 Å². The zero-order valence-corrected chi connectivity index (χ0v) is 13.1. The summed E-state index contributed by atoms with van der Waals surface area (Å²) in [6.45, 7) is 0. The molecular formula is C12H11Br2NOS. The molecular weight excluding hydrogens is 366 g/mol. The summed E-state index contributed by atoms with van der Waals surface area (Å²) >= 11 is 8.54. The first-order valence-electron chi connectivity index (χ1n) is 4.96. The minimum absolute atomic E-state index is 0.168. The first kappa shape index (κ1) is 13.1. The molecule has 17 heavy (non-hydrogen) atoms. The van der Waals surface area contributed by atoms with Gasteiger partial charge in [0.25, 0.3) is 0 Å². The fraction of sp³-hybridized carbons (Fsp3) is 0.167. The van der Waals surface area contributed by atoms with Crippen LogP contribution in [0.3, 0.4) is 0 Å². The van der Waals surface area contributed by atoms with Crippen molar-refractivity contribution in [2.45, 2.75) is 6.04 Å². The summed E-state index contributed by atoms with van der Waals surface area (Å²) in [6.07, 6.45) is 0. The standard InChI is InChI=1S/C12H11Br2NOS/c1-16-9-3-2-7(13)6-8(9)12(15)10-4-5-11(14)17-10/h2-6,12H,15H2,1H3. The summed E-state index contributed by atoms with van der Waals surface area (Å²) in [5, 5.41) is 0. The summed E-state index contributed by atoms with van der Waals surface area (Å²) in [7, 11) is 1.66. The molecule has 2 nitrogen and oxygen atoms in total. The van der Waals surface area contributed by atoms with E-state index in [4.69, 9.17) is 10.5 Å². The van der Waals surface area contributed by atoms with Crippen LogP contribution in [0, 0.1) is 0 Å². The van der Waals surface area contributed by atoms with Crippen LogP contribution in [0.25, 0.3) is 0 Å². The molecule has 0 radical (unpaired) electrons. The van der Waals surface area contributed by atoms with E-state index in [0.717, 1.165) is 24.4 Å². The molecule has 0 amide bonds. The molecule has 1 aromatic carbocycles. The van der Waals surface area contributed by atoms with Crippen molar-refractivity contribution in [1.29, 1.82) is 0 Å². The van der Waals surface area contributed by atoms with E-state index in [1.54, 1.807) is 18.4 Å². The molecule has 0 aliphatic carbocycles. The van der Waals surface area contributed by atoms with Gasteiger partial charge in [-0.1, -0.05) is 15.9 Å². The van der Waals surface area contributed by atoms with Crippen LogP contribution in [0.5, 0.6) is 5.75 Å². The van der Waals surface area contributed by atoms with Gasteiger partial charge >= 0.3 is 0 Å². The van der Waals surface area contributed by atoms with Gasteiger partial charge in [-0.05, 0) is 46.3 Å². The Balaban J connectivity index is 2.42. The Morgan fingerprint density at radius 3 is 2.59 bits per heavy atom. The fourth-order valence-electron chi connectivity index (χ4n) is 1.60. The maximum Gasteiger partial charge on any atom is 0.124 e. The molecule has 2 rings (SSSR count). The Morgan fingerprint density at radius 1 is 1.24 bits per heavy atom. The quantitative estimate of drug-likeness (QED) is 0.865. The lowest BCUT2D eigenvalue weighted by Crippen LogP contribution is -2.11. The summed E-state index contributed by atoms with van der Waals surface area (Å²) in [5.41, 5.74) is 7.25. The molecule has 0 bridgehead atoms. The number of ether oxygens (including phenoxy) is 1. The predicted octanol–water partition coefficient (Wildman–Crippen LogP) is 4.33. The van der Waals surface area contributed by atoms with Crippen molar-refractivity contribution in [2.75, 3.05) is 7.11 Å². The smallest absolute Gasteiger partial charge is 0.124 e. The third-order valence-corrected chi connectivity index (χ3v) is 4.63. The van der Waals surface area contributed by atoms with Crippen molar-refractivity contribution < 1.29 is 4.74 Å². The Hall–Kier alpha value is -0.360. The van der Waals surface area contributed by atoms with Gasteiger partial charge in [0.2, 0.25) is 0 Å². The zero-order valence-electron chi connectivity index (χ0n) is 9.11. The lowest BCUT2D eigenvalue weighted by Gasteiger charge is -2.14. The van der Waals surface area contributed by atoms with Crippen LogP contribution in [-0.4, -0.2) is 7.11 Å². The molecule has 1 atom stereocenters. The van der Waals surface area contributed by atoms with Gasteiger partial charge in [-0.15, -0.1) is 11.3 Å². The first-order chi connectivity index (χ1) is 8.11. The minimum Gasteiger partial charge on any atom is -0.496 e. The van der Waals surface area contributed by atoms with Gasteiger partial charge in [-0.25, -0.2) is 0 Å². The van der Waals surface area contributed by atoms with E-state index >= 15 is 0 Å². The molecule has 0 saturated heterocycles. The number of halogens is 2. The van der Waals surface area contributed by atoms with Gasteiger partial charge in [-0.2, -0.15) is 0 Å². The lowest BCUT2D eigenvalue weighted by atomic mass is 10.1. The number of hydrogen-bond acceptors (Lipinski definition) is 3. The van der Waals surface area contributed by atoms with E-state index in [-0.39, 0.29) is 6.04 Å². The highest BCUT2D eigenvalue weighted by molar-refractivity contribution is 9.11. The maximum atomic E-state index is 6.26. The second-order valence-corrected chi connectivity index (χ2v) is 6.92. The molecule has 90 valence electrons. The van der Waals surface area contributed by atoms with E-state index in [1.807, 2.05) is 30.3 Å². The Kier molecular flexibility index (Phi) is 4.25. The lowest BCUT2D eigenvalue weighted by molar-refractivity contribution is 0.408. The van der Waals surface area contributed by atoms with Gasteiger partial charge in [-0.3, -0.25) is 0 Å². The third kappa shape index (κ3) is 2.91. The molecule has 0 saturated carbocycles. The maximum absolute atomic E-state index is 6.26. The van der Waals surface area contributed by atoms with Crippen LogP contribution in [0.2, 0.25) is 0 Å². The van der Waals surface area contributed by atoms with Gasteiger partial charge in [0.05, 0.1) is 16.9 Å². The number of thiophene rings is 1. The average molecular weight is 377 g/mol. The van der Waals surface area contributed by atoms with Crippen LogP contribution < -0.4 is 10.5 Å². The molecule has 5 heteroatoms. The van der Waals surface area contributed by atoms with E-state index < -0.39 is 0 Å². The average Bonchev–Trinajstić information content (AvgIpc) is 2.75. The fourth-order valence-corrected chi connectivity index (χ4v) is 3.42. The Morgan fingerprint density at radius 2 is 2.00 bits per heavy atom. The monoisotopic (exact) mass is 375 g/mol. The summed E-state index contributed by atoms with van der Waals surface area (Å²) < 4.78 is 7.42. The highest BCUT2D eigenvalue weighted by atomic mass is 79.9. The van der Waals surface area contributed by atoms with Gasteiger partial charge in [0.15, 0.2) is 0 Å². The third-order valence-electron chi connectivity index (χ3n) is 2.43. The summed E-state index contributed by atoms with van der Waals surface area (Å²) in [4.78, 5) is 1.10. The highest BCUT2D eigenvalue weighted by Crippen LogP contribution is 2.35. The zero-order chi connectivity index (χ0) is 12.4. The van der Waals surface area contributed by atoms with Crippen LogP contribution in [0.15, 0.2) is 38.6 Å². The first-order valence-corrected chi connectivity index (χ1v) is 7.36. The minimum atomic E-state index is -0.168. The second-order valence-electron chi connectivity index (χ2n) is 3.51. The number of hydrogen-bond donors (Lipinski definition) is 1. The summed E-state index contributed by atoms with van der Waals surface area (Å²) in [6, 6.07) is 9.72. The molecule has 2 aromatic rings. The van der Waals surface area contributed by atoms with Crippen LogP contribution in [0.4, 0.5) is 0 Å². The van der Waals surface area contributed by atoms with E-state index in [9.17, 15) is 0 Å². The number of methoxy groups -OCH3 is 1. The van der Waals surface area contributed by atoms with Gasteiger partial charge in [0.1, 0.15) is 5.75 Å². The second kappa shape index (κ2) is 5.52. The van der Waals surface area contributed by atoms with Crippen molar-refractivity contribution >= 4 is 43.2 Å². The number of rotatable bonds is 3. The molecule has 1 aromatic heterocycles. The topological polar surface area (TPSA) is 35.2 Å². The van der Waals surface area contributed by atoms with Crippen LogP contribution in [0.1, 0.15) is 16.5 Å². The van der Waals surface area contributed by atoms with Gasteiger partial charge in [0, 0.05) is 14.9 Å². The molecule has 0 spiro atoms. The predicted molar refractivity (Wildman–Crippen MR) is 78.7 cm³/mol. The molecule has 0 aliphatic rings. The SMILES string of the molecule is COc1ccc(Br)cc1C(N)c1ccc(Br)s1. The van der Waals surface area contributed by atoms with Crippen LogP contribution >= 0.6 is 43.2 Å². The number of benzene rings is 1. The highest BCUT2D eigenvalue weighted by Gasteiger charge is 2.16. The Labute approximate surface area is 121 Å². The van der Waals surface area contributed by atoms with Crippen molar-refractivity contribution in [1.82, 2.24) is 0 Å². The molecule has 2 N–H and O–H groups in total. The normalized spacial score (nSPS) is 12.5. The Bertz CT molecular complexity index is 527. The molecule has 0 fully saturated rings. The van der Waals surface area contributed by atoms with Crippen molar-refractivity contribution in [3.63, 3.8) is 0 Å². The van der Waals surface area contributed by atoms with Crippen molar-refractivity contribution in [3.8, 4) is 5.75 Å². The number of nitrogens with two attached hydrogens (primary N) is 1. The molecule has 0 aliphatic heterocycles. The molecule has 1 unspecified atom stereocenters. The van der Waals surface area contributed by atoms with E-state index in [1.165, 1.54) is 0 Å². The summed E-state index contributed by atoms with van der Waals surface area (Å²) in [5.74, 6) is 0.810. The van der Waals surface area contributed by atoms with Gasteiger partial charge < -0.3 is 10.5 Å². The largest absolute Gasteiger partial charge is 0.496 e.